The van der Waals surface area contributed by atoms with Crippen molar-refractivity contribution in [3.05, 3.63) is 0 Å². The van der Waals surface area contributed by atoms with Gasteiger partial charge in [0.25, 0.3) is 0 Å². The molecule has 3 heteroatoms. The van der Waals surface area contributed by atoms with Gasteiger partial charge in [0, 0.05) is 24.2 Å². The number of hydrogen-bond acceptors (Lipinski definition) is 2. The highest BCUT2D eigenvalue weighted by molar-refractivity contribution is 9.09. The van der Waals surface area contributed by atoms with Crippen LogP contribution in [-0.4, -0.2) is 41.4 Å². The van der Waals surface area contributed by atoms with Gasteiger partial charge in [-0.2, -0.15) is 11.8 Å². The summed E-state index contributed by atoms with van der Waals surface area (Å²) in [5, 5.41) is 1.18. The zero-order valence-electron chi connectivity index (χ0n) is 8.47. The minimum Gasteiger partial charge on any atom is -0.302 e. The van der Waals surface area contributed by atoms with Crippen LogP contribution in [0.25, 0.3) is 0 Å². The van der Waals surface area contributed by atoms with E-state index < -0.39 is 0 Å². The second-order valence-corrected chi connectivity index (χ2v) is 5.82. The van der Waals surface area contributed by atoms with E-state index in [4.69, 9.17) is 0 Å². The summed E-state index contributed by atoms with van der Waals surface area (Å²) in [6.07, 6.45) is 2.78. The predicted molar refractivity (Wildman–Crippen MR) is 66.0 cm³/mol. The number of alkyl halides is 1. The van der Waals surface area contributed by atoms with Crippen molar-refractivity contribution in [3.63, 3.8) is 0 Å². The van der Waals surface area contributed by atoms with Crippen LogP contribution in [0.2, 0.25) is 0 Å². The number of hydrogen-bond donors (Lipinski definition) is 0. The van der Waals surface area contributed by atoms with Gasteiger partial charge in [-0.05, 0) is 31.1 Å². The van der Waals surface area contributed by atoms with Crippen molar-refractivity contribution in [2.45, 2.75) is 19.8 Å². The molecular weight excluding hydrogens is 246 g/mol. The fourth-order valence-corrected chi connectivity index (χ4v) is 3.17. The number of rotatable bonds is 6. The average Bonchev–Trinajstić information content (AvgIpc) is 2.54. The Bertz CT molecular complexity index is 132. The summed E-state index contributed by atoms with van der Waals surface area (Å²) in [7, 11) is 0. The molecule has 0 amide bonds. The van der Waals surface area contributed by atoms with Crippen LogP contribution in [0.15, 0.2) is 0 Å². The summed E-state index contributed by atoms with van der Waals surface area (Å²) >= 11 is 5.58. The maximum Gasteiger partial charge on any atom is 0.00725 e. The average molecular weight is 266 g/mol. The molecule has 13 heavy (non-hydrogen) atoms. The molecule has 0 saturated carbocycles. The lowest BCUT2D eigenvalue weighted by molar-refractivity contribution is 0.343. The first-order valence-corrected chi connectivity index (χ1v) is 7.50. The first-order valence-electron chi connectivity index (χ1n) is 5.23. The minimum atomic E-state index is 0.964. The molecule has 1 fully saturated rings. The lowest BCUT2D eigenvalue weighted by Gasteiger charge is -2.14. The van der Waals surface area contributed by atoms with Gasteiger partial charge < -0.3 is 4.90 Å². The molecule has 0 aromatic rings. The van der Waals surface area contributed by atoms with Crippen LogP contribution in [-0.2, 0) is 0 Å². The van der Waals surface area contributed by atoms with E-state index in [2.05, 4.69) is 39.5 Å². The van der Waals surface area contributed by atoms with E-state index in [9.17, 15) is 0 Å². The highest BCUT2D eigenvalue weighted by Crippen LogP contribution is 2.20. The molecule has 0 radical (unpaired) electrons. The third kappa shape index (κ3) is 4.71. The maximum atomic E-state index is 3.52. The van der Waals surface area contributed by atoms with Gasteiger partial charge in [0.1, 0.15) is 0 Å². The van der Waals surface area contributed by atoms with Gasteiger partial charge in [0.2, 0.25) is 0 Å². The van der Waals surface area contributed by atoms with Crippen LogP contribution in [0.5, 0.6) is 0 Å². The molecule has 1 heterocycles. The van der Waals surface area contributed by atoms with Gasteiger partial charge in [-0.15, -0.1) is 0 Å². The van der Waals surface area contributed by atoms with E-state index in [0.717, 1.165) is 5.92 Å². The molecule has 1 aliphatic heterocycles. The molecule has 1 saturated heterocycles. The highest BCUT2D eigenvalue weighted by Gasteiger charge is 2.20. The van der Waals surface area contributed by atoms with Gasteiger partial charge in [0.05, 0.1) is 0 Å². The van der Waals surface area contributed by atoms with E-state index in [1.165, 1.54) is 49.3 Å². The van der Waals surface area contributed by atoms with E-state index in [-0.39, 0.29) is 0 Å². The Balaban J connectivity index is 2.03. The molecule has 1 atom stereocenters. The van der Waals surface area contributed by atoms with Crippen molar-refractivity contribution < 1.29 is 0 Å². The maximum absolute atomic E-state index is 3.52. The fourth-order valence-electron chi connectivity index (χ4n) is 1.84. The SMILES string of the molecule is CCSCCN1CCC(CCBr)C1. The highest BCUT2D eigenvalue weighted by atomic mass is 79.9. The first kappa shape index (κ1) is 11.9. The summed E-state index contributed by atoms with van der Waals surface area (Å²) < 4.78 is 0. The second-order valence-electron chi connectivity index (χ2n) is 3.63. The zero-order valence-corrected chi connectivity index (χ0v) is 10.9. The van der Waals surface area contributed by atoms with Gasteiger partial charge in [-0.1, -0.05) is 22.9 Å². The van der Waals surface area contributed by atoms with Crippen molar-refractivity contribution in [2.24, 2.45) is 5.92 Å². The molecule has 1 aliphatic rings. The van der Waals surface area contributed by atoms with E-state index >= 15 is 0 Å². The topological polar surface area (TPSA) is 3.24 Å². The predicted octanol–water partition coefficient (Wildman–Crippen LogP) is 2.85. The van der Waals surface area contributed by atoms with Gasteiger partial charge >= 0.3 is 0 Å². The standard InChI is InChI=1S/C10H20BrNS/c1-2-13-8-7-12-6-4-10(9-12)3-5-11/h10H,2-9H2,1H3. The van der Waals surface area contributed by atoms with Crippen LogP contribution < -0.4 is 0 Å². The summed E-state index contributed by atoms with van der Waals surface area (Å²) in [5.74, 6) is 3.54. The van der Waals surface area contributed by atoms with Gasteiger partial charge in [-0.3, -0.25) is 0 Å². The Hall–Kier alpha value is 0.790. The van der Waals surface area contributed by atoms with Crippen LogP contribution in [0, 0.1) is 5.92 Å². The van der Waals surface area contributed by atoms with Crippen molar-refractivity contribution in [3.8, 4) is 0 Å². The summed E-state index contributed by atoms with van der Waals surface area (Å²) in [5.41, 5.74) is 0. The molecule has 0 bridgehead atoms. The molecule has 0 aromatic carbocycles. The molecule has 0 aliphatic carbocycles. The normalized spacial score (nSPS) is 24.0. The van der Waals surface area contributed by atoms with E-state index in [1.807, 2.05) is 0 Å². The summed E-state index contributed by atoms with van der Waals surface area (Å²) in [4.78, 5) is 2.62. The molecule has 78 valence electrons. The van der Waals surface area contributed by atoms with Crippen LogP contribution >= 0.6 is 27.7 Å². The largest absolute Gasteiger partial charge is 0.302 e. The third-order valence-corrected chi connectivity index (χ3v) is 3.98. The monoisotopic (exact) mass is 265 g/mol. The smallest absolute Gasteiger partial charge is 0.00725 e. The Labute approximate surface area is 94.8 Å². The Kier molecular flexibility index (Phi) is 6.51. The van der Waals surface area contributed by atoms with Crippen LogP contribution in [0.3, 0.4) is 0 Å². The number of halogens is 1. The Morgan fingerprint density at radius 3 is 3.08 bits per heavy atom. The third-order valence-electron chi connectivity index (χ3n) is 2.64. The molecule has 0 aromatic heterocycles. The first-order chi connectivity index (χ1) is 6.36. The summed E-state index contributed by atoms with van der Waals surface area (Å²) in [6.45, 7) is 6.22. The molecule has 1 nitrogen and oxygen atoms in total. The van der Waals surface area contributed by atoms with Crippen LogP contribution in [0.4, 0.5) is 0 Å². The quantitative estimate of drug-likeness (QED) is 0.537. The zero-order chi connectivity index (χ0) is 9.52. The molecule has 0 spiro atoms. The lowest BCUT2D eigenvalue weighted by atomic mass is 10.1. The minimum absolute atomic E-state index is 0.964. The lowest BCUT2D eigenvalue weighted by Crippen LogP contribution is -2.23. The molecular formula is C10H20BrNS. The number of thioether (sulfide) groups is 1. The van der Waals surface area contributed by atoms with Gasteiger partial charge in [0.15, 0.2) is 0 Å². The Morgan fingerprint density at radius 1 is 1.54 bits per heavy atom. The van der Waals surface area contributed by atoms with E-state index in [1.54, 1.807) is 0 Å². The van der Waals surface area contributed by atoms with Crippen molar-refractivity contribution >= 4 is 27.7 Å². The fraction of sp³-hybridized carbons (Fsp3) is 1.00. The summed E-state index contributed by atoms with van der Waals surface area (Å²) in [6, 6.07) is 0. The molecule has 1 unspecified atom stereocenters. The van der Waals surface area contributed by atoms with Crippen molar-refractivity contribution in [2.75, 3.05) is 36.5 Å². The second kappa shape index (κ2) is 7.13. The molecule has 1 rings (SSSR count). The van der Waals surface area contributed by atoms with Crippen LogP contribution in [0.1, 0.15) is 19.8 Å². The Morgan fingerprint density at radius 2 is 2.38 bits per heavy atom. The number of likely N-dealkylation sites (tertiary alicyclic amines) is 1. The number of nitrogens with zero attached hydrogens (tertiary/aromatic N) is 1. The van der Waals surface area contributed by atoms with E-state index in [0.29, 0.717) is 0 Å². The van der Waals surface area contributed by atoms with Gasteiger partial charge in [-0.25, -0.2) is 0 Å². The van der Waals surface area contributed by atoms with Crippen molar-refractivity contribution in [1.82, 2.24) is 4.90 Å². The molecule has 0 N–H and O–H groups in total. The van der Waals surface area contributed by atoms with Crippen molar-refractivity contribution in [1.29, 1.82) is 0 Å².